The molecule has 8 heteroatoms. The van der Waals surface area contributed by atoms with Crippen molar-refractivity contribution in [3.05, 3.63) is 0 Å². The highest BCUT2D eigenvalue weighted by atomic mass is 35.6. The Morgan fingerprint density at radius 3 is 1.90 bits per heavy atom. The fourth-order valence-electron chi connectivity index (χ4n) is 1.64. The predicted molar refractivity (Wildman–Crippen MR) is 99.3 cm³/mol. The maximum absolute atomic E-state index is 11.3. The quantitative estimate of drug-likeness (QED) is 0.410. The summed E-state index contributed by atoms with van der Waals surface area (Å²) >= 11 is 24.4. The van der Waals surface area contributed by atoms with E-state index in [-0.39, 0.29) is 5.91 Å². The zero-order chi connectivity index (χ0) is 16.8. The number of thiocarbonyl (C=S) groups is 1. The first kappa shape index (κ1) is 21.6. The van der Waals surface area contributed by atoms with E-state index in [0.29, 0.717) is 16.2 Å². The lowest BCUT2D eigenvalue weighted by Gasteiger charge is -2.32. The van der Waals surface area contributed by atoms with Crippen molar-refractivity contribution in [3.63, 3.8) is 0 Å². The number of hydrogen-bond acceptors (Lipinski definition) is 3. The van der Waals surface area contributed by atoms with Crippen molar-refractivity contribution >= 4 is 69.0 Å². The van der Waals surface area contributed by atoms with Gasteiger partial charge in [-0.05, 0) is 11.8 Å². The molecule has 0 saturated heterocycles. The Labute approximate surface area is 152 Å². The summed E-state index contributed by atoms with van der Waals surface area (Å²) in [5, 5.41) is 1.91. The van der Waals surface area contributed by atoms with Crippen LogP contribution < -0.4 is 5.32 Å². The molecule has 0 aromatic heterocycles. The van der Waals surface area contributed by atoms with E-state index >= 15 is 0 Å². The number of rotatable bonds is 6. The molecule has 0 spiro atoms. The third-order valence-corrected chi connectivity index (χ3v) is 5.04. The predicted octanol–water partition coefficient (Wildman–Crippen LogP) is 4.45. The van der Waals surface area contributed by atoms with Gasteiger partial charge in [-0.2, -0.15) is 0 Å². The van der Waals surface area contributed by atoms with Gasteiger partial charge in [-0.1, -0.05) is 86.5 Å². The average Bonchev–Trinajstić information content (AvgIpc) is 2.23. The molecule has 0 saturated carbocycles. The minimum absolute atomic E-state index is 0.263. The van der Waals surface area contributed by atoms with Crippen molar-refractivity contribution in [2.24, 2.45) is 11.8 Å². The highest BCUT2D eigenvalue weighted by Crippen LogP contribution is 2.37. The highest BCUT2D eigenvalue weighted by Gasteiger charge is 2.35. The van der Waals surface area contributed by atoms with Gasteiger partial charge in [-0.25, -0.2) is 0 Å². The summed E-state index contributed by atoms with van der Waals surface area (Å²) in [5.74, 6) is 0.671. The maximum Gasteiger partial charge on any atom is 0.220 e. The summed E-state index contributed by atoms with van der Waals surface area (Å²) in [6, 6.07) is 0. The van der Waals surface area contributed by atoms with Gasteiger partial charge in [-0.15, -0.1) is 0 Å². The maximum atomic E-state index is 11.3. The minimum atomic E-state index is -1.62. The van der Waals surface area contributed by atoms with Crippen molar-refractivity contribution in [2.75, 3.05) is 13.1 Å². The average molecular weight is 394 g/mol. The van der Waals surface area contributed by atoms with Crippen LogP contribution in [0, 0.1) is 11.8 Å². The van der Waals surface area contributed by atoms with E-state index in [9.17, 15) is 4.79 Å². The monoisotopic (exact) mass is 392 g/mol. The Morgan fingerprint density at radius 2 is 1.62 bits per heavy atom. The van der Waals surface area contributed by atoms with Crippen LogP contribution in [0.25, 0.3) is 0 Å². The molecule has 124 valence electrons. The van der Waals surface area contributed by atoms with Gasteiger partial charge in [0.25, 0.3) is 0 Å². The van der Waals surface area contributed by atoms with Crippen LogP contribution in [0.4, 0.5) is 0 Å². The number of carbonyl (C=O) groups is 1. The molecular weight excluding hydrogens is 371 g/mol. The molecule has 0 aromatic carbocycles. The number of thioether (sulfide) groups is 1. The lowest BCUT2D eigenvalue weighted by Crippen LogP contribution is -2.43. The molecule has 1 atom stereocenters. The van der Waals surface area contributed by atoms with Crippen LogP contribution in [-0.4, -0.2) is 37.4 Å². The van der Waals surface area contributed by atoms with E-state index in [1.807, 2.05) is 0 Å². The van der Waals surface area contributed by atoms with E-state index < -0.39 is 9.17 Å². The fourth-order valence-corrected chi connectivity index (χ4v) is 3.50. The standard InChI is InChI=1S/C13H23Cl3N2OS2/c1-8(2)6-18(7-9(3)4)12(20)21-11(13(14,15)16)17-10(5)19/h8-9,11H,6-7H2,1-5H3,(H,17,19). The van der Waals surface area contributed by atoms with Crippen LogP contribution in [0.2, 0.25) is 0 Å². The van der Waals surface area contributed by atoms with Crippen LogP contribution in [0.5, 0.6) is 0 Å². The van der Waals surface area contributed by atoms with Gasteiger partial charge in [-0.3, -0.25) is 4.79 Å². The van der Waals surface area contributed by atoms with Gasteiger partial charge in [0, 0.05) is 20.0 Å². The first-order chi connectivity index (χ1) is 9.43. The molecule has 0 aliphatic heterocycles. The van der Waals surface area contributed by atoms with E-state index in [0.717, 1.165) is 13.1 Å². The molecule has 1 unspecified atom stereocenters. The Balaban J connectivity index is 4.93. The molecule has 0 heterocycles. The molecule has 0 aromatic rings. The van der Waals surface area contributed by atoms with Gasteiger partial charge >= 0.3 is 0 Å². The van der Waals surface area contributed by atoms with Gasteiger partial charge in [0.1, 0.15) is 9.69 Å². The Morgan fingerprint density at radius 1 is 1.19 bits per heavy atom. The molecule has 1 N–H and O–H groups in total. The number of nitrogens with one attached hydrogen (secondary N) is 1. The molecule has 1 amide bonds. The van der Waals surface area contributed by atoms with E-state index in [2.05, 4.69) is 37.9 Å². The van der Waals surface area contributed by atoms with E-state index in [1.165, 1.54) is 18.7 Å². The number of hydrogen-bond donors (Lipinski definition) is 1. The summed E-state index contributed by atoms with van der Waals surface area (Å²) in [6.07, 6.45) is 0. The fraction of sp³-hybridized carbons (Fsp3) is 0.846. The Bertz CT molecular complexity index is 350. The van der Waals surface area contributed by atoms with Crippen LogP contribution in [0.1, 0.15) is 34.6 Å². The number of alkyl halides is 3. The molecular formula is C13H23Cl3N2OS2. The Hall–Kier alpha value is 0.580. The zero-order valence-corrected chi connectivity index (χ0v) is 16.9. The molecule has 0 aliphatic carbocycles. The summed E-state index contributed by atoms with van der Waals surface area (Å²) in [6.45, 7) is 11.5. The topological polar surface area (TPSA) is 32.3 Å². The van der Waals surface area contributed by atoms with Gasteiger partial charge in [0.05, 0.1) is 0 Å². The zero-order valence-electron chi connectivity index (χ0n) is 13.0. The van der Waals surface area contributed by atoms with Gasteiger partial charge in [0.15, 0.2) is 0 Å². The highest BCUT2D eigenvalue weighted by molar-refractivity contribution is 8.23. The van der Waals surface area contributed by atoms with E-state index in [4.69, 9.17) is 47.0 Å². The third kappa shape index (κ3) is 10.1. The summed E-state index contributed by atoms with van der Waals surface area (Å²) < 4.78 is -0.996. The third-order valence-electron chi connectivity index (χ3n) is 2.28. The lowest BCUT2D eigenvalue weighted by molar-refractivity contribution is -0.119. The second-order valence-electron chi connectivity index (χ2n) is 5.70. The smallest absolute Gasteiger partial charge is 0.220 e. The SMILES string of the molecule is CC(=O)NC(SC(=S)N(CC(C)C)CC(C)C)C(Cl)(Cl)Cl. The molecule has 0 bridgehead atoms. The first-order valence-electron chi connectivity index (χ1n) is 6.72. The molecule has 0 rings (SSSR count). The second kappa shape index (κ2) is 9.66. The normalized spacial score (nSPS) is 13.4. The molecule has 3 nitrogen and oxygen atoms in total. The molecule has 21 heavy (non-hydrogen) atoms. The molecule has 0 radical (unpaired) electrons. The van der Waals surface area contributed by atoms with Crippen LogP contribution in [0.15, 0.2) is 0 Å². The minimum Gasteiger partial charge on any atom is -0.357 e. The Kier molecular flexibility index (Phi) is 9.93. The van der Waals surface area contributed by atoms with Gasteiger partial charge in [0.2, 0.25) is 9.70 Å². The number of nitrogens with zero attached hydrogens (tertiary/aromatic N) is 1. The van der Waals surface area contributed by atoms with E-state index in [1.54, 1.807) is 0 Å². The van der Waals surface area contributed by atoms with Crippen LogP contribution in [0.3, 0.4) is 0 Å². The van der Waals surface area contributed by atoms with Crippen molar-refractivity contribution in [1.29, 1.82) is 0 Å². The number of halogens is 3. The van der Waals surface area contributed by atoms with Gasteiger partial charge < -0.3 is 10.2 Å². The molecule has 0 aliphatic rings. The van der Waals surface area contributed by atoms with Crippen molar-refractivity contribution in [2.45, 2.75) is 43.8 Å². The summed E-state index contributed by atoms with van der Waals surface area (Å²) in [4.78, 5) is 13.3. The summed E-state index contributed by atoms with van der Waals surface area (Å²) in [5.41, 5.74) is 0. The van der Waals surface area contributed by atoms with Crippen molar-refractivity contribution in [1.82, 2.24) is 10.2 Å². The number of amides is 1. The van der Waals surface area contributed by atoms with Crippen LogP contribution in [-0.2, 0) is 4.79 Å². The first-order valence-corrected chi connectivity index (χ1v) is 9.15. The second-order valence-corrected chi connectivity index (χ2v) is 9.81. The van der Waals surface area contributed by atoms with Crippen molar-refractivity contribution in [3.8, 4) is 0 Å². The van der Waals surface area contributed by atoms with Crippen LogP contribution >= 0.6 is 58.8 Å². The lowest BCUT2D eigenvalue weighted by atomic mass is 10.1. The number of carbonyl (C=O) groups excluding carboxylic acids is 1. The summed E-state index contributed by atoms with van der Waals surface area (Å²) in [7, 11) is 0. The molecule has 0 fully saturated rings. The largest absolute Gasteiger partial charge is 0.357 e. The van der Waals surface area contributed by atoms with Crippen molar-refractivity contribution < 1.29 is 4.79 Å².